The van der Waals surface area contributed by atoms with Gasteiger partial charge in [0.2, 0.25) is 0 Å². The van der Waals surface area contributed by atoms with Crippen LogP contribution < -0.4 is 10.0 Å². The second-order valence-electron chi connectivity index (χ2n) is 5.07. The molecule has 0 aromatic carbocycles. The number of pyridine rings is 1. The van der Waals surface area contributed by atoms with Crippen molar-refractivity contribution in [3.63, 3.8) is 0 Å². The van der Waals surface area contributed by atoms with Gasteiger partial charge >= 0.3 is 0 Å². The average molecular weight is 294 g/mol. The van der Waals surface area contributed by atoms with Gasteiger partial charge in [0.05, 0.1) is 0 Å². The SMILES string of the molecule is CNc1nc2ccccn2c1S(=O)(=O)NCCC1CC1. The molecule has 7 heteroatoms. The van der Waals surface area contributed by atoms with Gasteiger partial charge in [0.25, 0.3) is 10.0 Å². The maximum atomic E-state index is 12.5. The van der Waals surface area contributed by atoms with Gasteiger partial charge in [0, 0.05) is 19.8 Å². The van der Waals surface area contributed by atoms with Gasteiger partial charge in [-0.3, -0.25) is 4.40 Å². The summed E-state index contributed by atoms with van der Waals surface area (Å²) >= 11 is 0. The zero-order valence-electron chi connectivity index (χ0n) is 11.3. The lowest BCUT2D eigenvalue weighted by Gasteiger charge is -2.07. The molecule has 0 bridgehead atoms. The summed E-state index contributed by atoms with van der Waals surface area (Å²) in [6.07, 6.45) is 5.06. The minimum atomic E-state index is -3.57. The van der Waals surface area contributed by atoms with E-state index in [1.54, 1.807) is 29.8 Å². The van der Waals surface area contributed by atoms with Crippen LogP contribution in [0.2, 0.25) is 0 Å². The fourth-order valence-corrected chi connectivity index (χ4v) is 3.60. The van der Waals surface area contributed by atoms with Crippen LogP contribution in [0.1, 0.15) is 19.3 Å². The first kappa shape index (κ1) is 13.4. The van der Waals surface area contributed by atoms with Crippen molar-refractivity contribution < 1.29 is 8.42 Å². The van der Waals surface area contributed by atoms with E-state index < -0.39 is 10.0 Å². The Kier molecular flexibility index (Phi) is 3.39. The summed E-state index contributed by atoms with van der Waals surface area (Å²) in [7, 11) is -1.89. The summed E-state index contributed by atoms with van der Waals surface area (Å²) in [6, 6.07) is 5.40. The van der Waals surface area contributed by atoms with Crippen molar-refractivity contribution in [1.82, 2.24) is 14.1 Å². The third kappa shape index (κ3) is 2.51. The number of hydrogen-bond acceptors (Lipinski definition) is 4. The van der Waals surface area contributed by atoms with Gasteiger partial charge in [-0.15, -0.1) is 0 Å². The average Bonchev–Trinajstić information content (AvgIpc) is 3.16. The lowest BCUT2D eigenvalue weighted by Crippen LogP contribution is -2.27. The molecule has 1 aliphatic rings. The molecule has 0 unspecified atom stereocenters. The Hall–Kier alpha value is -1.60. The van der Waals surface area contributed by atoms with Gasteiger partial charge in [-0.2, -0.15) is 0 Å². The van der Waals surface area contributed by atoms with E-state index in [2.05, 4.69) is 15.0 Å². The third-order valence-electron chi connectivity index (χ3n) is 3.52. The number of aromatic nitrogens is 2. The molecule has 0 atom stereocenters. The Morgan fingerprint density at radius 3 is 2.90 bits per heavy atom. The van der Waals surface area contributed by atoms with E-state index in [-0.39, 0.29) is 5.03 Å². The summed E-state index contributed by atoms with van der Waals surface area (Å²) in [5, 5.41) is 3.02. The Bertz CT molecular complexity index is 719. The van der Waals surface area contributed by atoms with Crippen LogP contribution in [-0.4, -0.2) is 31.4 Å². The smallest absolute Gasteiger partial charge is 0.260 e. The monoisotopic (exact) mass is 294 g/mol. The Morgan fingerprint density at radius 1 is 1.40 bits per heavy atom. The molecule has 0 spiro atoms. The summed E-state index contributed by atoms with van der Waals surface area (Å²) in [5.74, 6) is 1.07. The molecule has 0 radical (unpaired) electrons. The van der Waals surface area contributed by atoms with Gasteiger partial charge in [-0.25, -0.2) is 18.1 Å². The number of hydrogen-bond donors (Lipinski definition) is 2. The zero-order chi connectivity index (χ0) is 14.2. The first-order valence-electron chi connectivity index (χ1n) is 6.76. The van der Waals surface area contributed by atoms with Crippen molar-refractivity contribution >= 4 is 21.5 Å². The van der Waals surface area contributed by atoms with Gasteiger partial charge in [0.15, 0.2) is 10.8 Å². The van der Waals surface area contributed by atoms with E-state index in [0.717, 1.165) is 6.42 Å². The molecule has 0 amide bonds. The van der Waals surface area contributed by atoms with Crippen molar-refractivity contribution in [2.24, 2.45) is 5.92 Å². The topological polar surface area (TPSA) is 75.5 Å². The highest BCUT2D eigenvalue weighted by Gasteiger charge is 2.26. The Labute approximate surface area is 118 Å². The van der Waals surface area contributed by atoms with Crippen LogP contribution in [0.3, 0.4) is 0 Å². The zero-order valence-corrected chi connectivity index (χ0v) is 12.2. The van der Waals surface area contributed by atoms with Crippen LogP contribution in [0.25, 0.3) is 5.65 Å². The van der Waals surface area contributed by atoms with E-state index in [0.29, 0.717) is 23.9 Å². The first-order chi connectivity index (χ1) is 9.62. The molecule has 3 rings (SSSR count). The molecule has 2 aromatic heterocycles. The number of nitrogens with one attached hydrogen (secondary N) is 2. The number of fused-ring (bicyclic) bond motifs is 1. The van der Waals surface area contributed by atoms with Crippen LogP contribution >= 0.6 is 0 Å². The van der Waals surface area contributed by atoms with Crippen LogP contribution in [0.4, 0.5) is 5.82 Å². The predicted molar refractivity (Wildman–Crippen MR) is 77.3 cm³/mol. The molecule has 0 saturated heterocycles. The number of rotatable bonds is 6. The second-order valence-corrected chi connectivity index (χ2v) is 6.76. The van der Waals surface area contributed by atoms with Gasteiger partial charge in [0.1, 0.15) is 5.65 Å². The van der Waals surface area contributed by atoms with E-state index >= 15 is 0 Å². The molecule has 2 heterocycles. The molecule has 108 valence electrons. The van der Waals surface area contributed by atoms with Crippen molar-refractivity contribution in [3.05, 3.63) is 24.4 Å². The molecule has 1 aliphatic carbocycles. The number of nitrogens with zero attached hydrogens (tertiary/aromatic N) is 2. The van der Waals surface area contributed by atoms with E-state index in [4.69, 9.17) is 0 Å². The third-order valence-corrected chi connectivity index (χ3v) is 5.00. The van der Waals surface area contributed by atoms with Crippen LogP contribution in [-0.2, 0) is 10.0 Å². The minimum absolute atomic E-state index is 0.173. The van der Waals surface area contributed by atoms with Gasteiger partial charge in [-0.05, 0) is 24.5 Å². The van der Waals surface area contributed by atoms with E-state index in [1.165, 1.54) is 12.8 Å². The Balaban J connectivity index is 1.93. The van der Waals surface area contributed by atoms with Crippen LogP contribution in [0.5, 0.6) is 0 Å². The van der Waals surface area contributed by atoms with E-state index in [9.17, 15) is 8.42 Å². The highest BCUT2D eigenvalue weighted by Crippen LogP contribution is 2.32. The fourth-order valence-electron chi connectivity index (χ4n) is 2.27. The maximum Gasteiger partial charge on any atom is 0.260 e. The number of anilines is 1. The highest BCUT2D eigenvalue weighted by molar-refractivity contribution is 7.89. The predicted octanol–water partition coefficient (Wildman–Crippen LogP) is 1.45. The second kappa shape index (κ2) is 5.06. The summed E-state index contributed by atoms with van der Waals surface area (Å²) in [5.41, 5.74) is 0.611. The fraction of sp³-hybridized carbons (Fsp3) is 0.462. The molecule has 1 fully saturated rings. The maximum absolute atomic E-state index is 12.5. The molecular weight excluding hydrogens is 276 g/mol. The molecule has 1 saturated carbocycles. The van der Waals surface area contributed by atoms with E-state index in [1.807, 2.05) is 6.07 Å². The van der Waals surface area contributed by atoms with Crippen LogP contribution in [0, 0.1) is 5.92 Å². The minimum Gasteiger partial charge on any atom is -0.371 e. The standard InChI is InChI=1S/C13H18N4O2S/c1-14-12-13(17-9-3-2-4-11(17)16-12)20(18,19)15-8-7-10-5-6-10/h2-4,9-10,14-15H,5-8H2,1H3. The highest BCUT2D eigenvalue weighted by atomic mass is 32.2. The van der Waals surface area contributed by atoms with Crippen molar-refractivity contribution in [1.29, 1.82) is 0 Å². The lowest BCUT2D eigenvalue weighted by molar-refractivity contribution is 0.571. The van der Waals surface area contributed by atoms with Crippen molar-refractivity contribution in [3.8, 4) is 0 Å². The summed E-state index contributed by atoms with van der Waals surface area (Å²) < 4.78 is 29.2. The summed E-state index contributed by atoms with van der Waals surface area (Å²) in [6.45, 7) is 0.482. The Morgan fingerprint density at radius 2 is 2.20 bits per heavy atom. The first-order valence-corrected chi connectivity index (χ1v) is 8.24. The quantitative estimate of drug-likeness (QED) is 0.845. The van der Waals surface area contributed by atoms with Gasteiger partial charge < -0.3 is 5.32 Å². The number of sulfonamides is 1. The van der Waals surface area contributed by atoms with Gasteiger partial charge in [-0.1, -0.05) is 18.9 Å². The lowest BCUT2D eigenvalue weighted by atomic mass is 10.3. The largest absolute Gasteiger partial charge is 0.371 e. The van der Waals surface area contributed by atoms with Crippen molar-refractivity contribution in [2.75, 3.05) is 18.9 Å². The van der Waals surface area contributed by atoms with Crippen LogP contribution in [0.15, 0.2) is 29.4 Å². The molecule has 2 aromatic rings. The molecule has 6 nitrogen and oxygen atoms in total. The molecular formula is C13H18N4O2S. The van der Waals surface area contributed by atoms with Crippen molar-refractivity contribution in [2.45, 2.75) is 24.3 Å². The summed E-state index contributed by atoms with van der Waals surface area (Å²) in [4.78, 5) is 4.29. The molecule has 0 aliphatic heterocycles. The molecule has 2 N–H and O–H groups in total. The normalized spacial score (nSPS) is 15.7. The molecule has 20 heavy (non-hydrogen) atoms. The number of imidazole rings is 1.